The molecule has 21 fully saturated rings. The Morgan fingerprint density at radius 2 is 0.230 bits per heavy atom. The molecule has 0 spiro atoms. The molecule has 21 saturated heterocycles. The lowest BCUT2D eigenvalue weighted by Crippen LogP contribution is -2.68. The monoisotopic (exact) mass is 2120 g/mol. The zero-order valence-electron chi connectivity index (χ0n) is 82.9. The van der Waals surface area contributed by atoms with Gasteiger partial charge in [0.25, 0.3) is 0 Å². The first-order valence-corrected chi connectivity index (χ1v) is 61.4. The molecule has 35 nitrogen and oxygen atoms in total. The van der Waals surface area contributed by atoms with Crippen LogP contribution in [0.25, 0.3) is 0 Å². The molecule has 0 aromatic carbocycles. The van der Waals surface area contributed by atoms with E-state index in [0.29, 0.717) is 86.1 Å². The molecule has 14 bridgehead atoms. The van der Waals surface area contributed by atoms with Crippen molar-refractivity contribution in [3.8, 4) is 0 Å². The molecule has 35 atom stereocenters. The van der Waals surface area contributed by atoms with Crippen LogP contribution in [-0.4, -0.2) is 413 Å². The Morgan fingerprint density at radius 1 is 0.129 bits per heavy atom. The van der Waals surface area contributed by atoms with E-state index in [0.717, 1.165) is 263 Å². The van der Waals surface area contributed by atoms with Gasteiger partial charge in [-0.3, -0.25) is 0 Å². The van der Waals surface area contributed by atoms with Crippen molar-refractivity contribution in [2.24, 2.45) is 40.1 Å². The lowest BCUT2D eigenvalue weighted by molar-refractivity contribution is -0.389. The number of aliphatic hydroxyl groups is 14. The Balaban J connectivity index is 1.21. The molecule has 21 heterocycles. The first kappa shape index (κ1) is 125. The topological polar surface area (TPSA) is 595 Å². The SMILES string of the molecule is NCCCCCCCCSC[C@H]1O[C@@H]2O[C@H]3[C@H](O)[C@@H](O)[C@@H](O[C@H]4[C@H](O)[C@@H](O)[C@@H](O[C@H]5[C@H](O)[C@@H](O)[C@@H](O[C@H]6[C@H](O)[C@@H](O)[C@@H](O[C@H]7[C@H](O)[C@@H](O)[C@@H](O[C@H]8[C@H](O)[C@@H](O)[C@@H](O[C@H]1[C@H](O)[C@H]2O)O[C@@H]8CSCCCCCCCN)O[C@@H]7CSCCCCCCCCN)O[C@@H]6CSCCCCCCCCN)O[C@@H]5CSCCCCCCCCN)O[C@@H]4CSCCCCCCCCN)O[C@@H]3CSCCCCCCCCN. The summed E-state index contributed by atoms with van der Waals surface area (Å²) < 4.78 is 94.8. The fourth-order valence-corrected chi connectivity index (χ4v) is 26.5. The van der Waals surface area contributed by atoms with Gasteiger partial charge >= 0.3 is 0 Å². The average Bonchev–Trinajstić information content (AvgIpc) is 0.953. The maximum absolute atomic E-state index is 12.8. The number of unbranched alkanes of at least 4 members (excludes halogenated alkanes) is 34. The van der Waals surface area contributed by atoms with Gasteiger partial charge in [-0.05, 0) is 176 Å². The van der Waals surface area contributed by atoms with Crippen LogP contribution in [0.1, 0.15) is 263 Å². The maximum Gasteiger partial charge on any atom is 0.187 e. The minimum absolute atomic E-state index is 0.107. The van der Waals surface area contributed by atoms with Crippen LogP contribution >= 0.6 is 82.3 Å². The number of ether oxygens (including phenoxy) is 14. The standard InChI is InChI=1S/C97H187N7O28S7/c98-42-28-14-1-7-21-35-49-133-56-63-84-71(106)78(113)92(120-63)128-86-65(58-135-51-37-23-9-3-16-30-44-100)122-94(80(115)73(86)108)130-88-67(60-137-53-39-25-11-5-18-32-46-102)124-96(82(117)75(88)110)132-90-69(62-139-55-41-27-13-20-34-48-104)125-97(83(118)76(90)111)131-89-68(61-138-54-40-26-12-6-19-33-47-103)123-95(81(116)74(89)109)129-87-66(59-136-52-38-24-10-4-17-31-45-101)121-93(79(114)72(87)107)127-85-64(119-91(126-84)77(112)70(85)105)57-134-50-36-22-8-2-15-29-43-99/h63-97,105-118H,1-62,98-104H2/t63-,64-,65-,66-,67-,68-,69-,70-,71-,72-,73-,74-,75-,76-,77-,78-,79-,80-,81-,82-,83-,84-,85-,86-,87-,88-,89-,90-,91-,92-,93-,94-,95-,96-,97-/m1/s1. The normalized spacial score (nSPS) is 36.0. The van der Waals surface area contributed by atoms with E-state index in [4.69, 9.17) is 106 Å². The average molecular weight is 2120 g/mol. The predicted octanol–water partition coefficient (Wildman–Crippen LogP) is 5.66. The molecule has 21 aliphatic rings. The second-order valence-electron chi connectivity index (χ2n) is 38.9. The highest BCUT2D eigenvalue weighted by Crippen LogP contribution is 2.43. The first-order chi connectivity index (χ1) is 67.7. The van der Waals surface area contributed by atoms with E-state index in [1.54, 1.807) is 0 Å². The lowest BCUT2D eigenvalue weighted by atomic mass is 9.95. The molecule has 0 amide bonds. The van der Waals surface area contributed by atoms with Crippen molar-refractivity contribution < 1.29 is 138 Å². The number of thioether (sulfide) groups is 7. The van der Waals surface area contributed by atoms with Gasteiger partial charge in [-0.1, -0.05) is 173 Å². The van der Waals surface area contributed by atoms with Gasteiger partial charge < -0.3 is 178 Å². The van der Waals surface area contributed by atoms with Gasteiger partial charge in [0.2, 0.25) is 0 Å². The molecule has 820 valence electrons. The molecule has 28 N–H and O–H groups in total. The Kier molecular flexibility index (Phi) is 66.8. The Labute approximate surface area is 859 Å². The van der Waals surface area contributed by atoms with E-state index in [1.165, 1.54) is 82.3 Å². The van der Waals surface area contributed by atoms with Gasteiger partial charge in [0, 0.05) is 40.3 Å². The van der Waals surface area contributed by atoms with E-state index in [2.05, 4.69) is 0 Å². The third-order valence-corrected chi connectivity index (χ3v) is 35.4. The van der Waals surface area contributed by atoms with Crippen molar-refractivity contribution in [1.82, 2.24) is 0 Å². The molecular formula is C97H187N7O28S7. The summed E-state index contributed by atoms with van der Waals surface area (Å²) in [5, 5.41) is 178. The molecule has 0 aromatic rings. The lowest BCUT2D eigenvalue weighted by Gasteiger charge is -2.50. The Bertz CT molecular complexity index is 2670. The third kappa shape index (κ3) is 43.5. The van der Waals surface area contributed by atoms with Crippen molar-refractivity contribution in [3.05, 3.63) is 0 Å². The molecule has 0 aliphatic carbocycles. The smallest absolute Gasteiger partial charge is 0.187 e. The van der Waals surface area contributed by atoms with Crippen LogP contribution in [-0.2, 0) is 66.3 Å². The van der Waals surface area contributed by atoms with Gasteiger partial charge in [0.15, 0.2) is 44.0 Å². The Morgan fingerprint density at radius 3 is 0.338 bits per heavy atom. The second kappa shape index (κ2) is 74.1. The van der Waals surface area contributed by atoms with Crippen LogP contribution in [0.2, 0.25) is 0 Å². The Hall–Kier alpha value is 1.05. The number of nitrogens with two attached hydrogens (primary N) is 7. The molecule has 0 radical (unpaired) electrons. The van der Waals surface area contributed by atoms with Gasteiger partial charge in [-0.15, -0.1) is 0 Å². The predicted molar refractivity (Wildman–Crippen MR) is 553 cm³/mol. The summed E-state index contributed by atoms with van der Waals surface area (Å²) in [5.41, 5.74) is 40.8. The van der Waals surface area contributed by atoms with Crippen LogP contribution in [0, 0.1) is 0 Å². The van der Waals surface area contributed by atoms with Crippen LogP contribution < -0.4 is 40.1 Å². The molecular weight excluding hydrogens is 1940 g/mol. The van der Waals surface area contributed by atoms with Crippen LogP contribution in [0.3, 0.4) is 0 Å². The minimum atomic E-state index is -1.98. The first-order valence-electron chi connectivity index (χ1n) is 53.3. The molecule has 42 heteroatoms. The molecule has 139 heavy (non-hydrogen) atoms. The van der Waals surface area contributed by atoms with Gasteiger partial charge in [-0.2, -0.15) is 82.3 Å². The summed E-state index contributed by atoms with van der Waals surface area (Å²) in [6.07, 6.45) is -19.8. The van der Waals surface area contributed by atoms with Gasteiger partial charge in [-0.25, -0.2) is 0 Å². The third-order valence-electron chi connectivity index (χ3n) is 27.4. The fraction of sp³-hybridized carbons (Fsp3) is 1.00. The van der Waals surface area contributed by atoms with Crippen LogP contribution in [0.15, 0.2) is 0 Å². The highest BCUT2D eigenvalue weighted by atomic mass is 32.2. The number of hydrogen-bond donors (Lipinski definition) is 21. The summed E-state index contributed by atoms with van der Waals surface area (Å²) >= 11 is 10.4. The zero-order chi connectivity index (χ0) is 99.9. The van der Waals surface area contributed by atoms with Crippen molar-refractivity contribution in [1.29, 1.82) is 0 Å². The molecule has 21 rings (SSSR count). The number of rotatable bonds is 69. The molecule has 0 unspecified atom stereocenters. The van der Waals surface area contributed by atoms with Crippen molar-refractivity contribution >= 4 is 82.3 Å². The molecule has 0 saturated carbocycles. The maximum atomic E-state index is 12.8. The zero-order valence-corrected chi connectivity index (χ0v) is 88.6. The number of hydrogen-bond acceptors (Lipinski definition) is 42. The van der Waals surface area contributed by atoms with Crippen LogP contribution in [0.4, 0.5) is 0 Å². The van der Waals surface area contributed by atoms with Crippen molar-refractivity contribution in [3.63, 3.8) is 0 Å². The second-order valence-corrected chi connectivity index (χ2v) is 47.0. The van der Waals surface area contributed by atoms with E-state index in [1.807, 2.05) is 0 Å². The number of aliphatic hydroxyl groups excluding tert-OH is 14. The summed E-state index contributed by atoms with van der Waals surface area (Å²) in [6, 6.07) is 0. The van der Waals surface area contributed by atoms with Gasteiger partial charge in [0.05, 0.1) is 42.7 Å². The van der Waals surface area contributed by atoms with Crippen molar-refractivity contribution in [2.75, 3.05) is 126 Å². The highest BCUT2D eigenvalue weighted by Gasteiger charge is 2.60. The molecule has 21 aliphatic heterocycles. The molecule has 0 aromatic heterocycles. The van der Waals surface area contributed by atoms with Crippen LogP contribution in [0.5, 0.6) is 0 Å². The summed E-state index contributed by atoms with van der Waals surface area (Å²) in [4.78, 5) is 0. The summed E-state index contributed by atoms with van der Waals surface area (Å²) in [7, 11) is 0. The summed E-state index contributed by atoms with van der Waals surface area (Å²) in [5.74, 6) is 5.21. The summed E-state index contributed by atoms with van der Waals surface area (Å²) in [6.45, 7) is 4.26. The van der Waals surface area contributed by atoms with E-state index < -0.39 is 215 Å². The quantitative estimate of drug-likeness (QED) is 0.0327. The van der Waals surface area contributed by atoms with E-state index in [-0.39, 0.29) is 40.3 Å². The highest BCUT2D eigenvalue weighted by molar-refractivity contribution is 8.00. The van der Waals surface area contributed by atoms with Crippen molar-refractivity contribution in [2.45, 2.75) is 478 Å². The largest absolute Gasteiger partial charge is 0.387 e. The fourth-order valence-electron chi connectivity index (χ4n) is 18.9. The van der Waals surface area contributed by atoms with E-state index >= 15 is 0 Å². The van der Waals surface area contributed by atoms with E-state index in [9.17, 15) is 71.5 Å². The van der Waals surface area contributed by atoms with Gasteiger partial charge in [0.1, 0.15) is 128 Å². The minimum Gasteiger partial charge on any atom is -0.387 e.